The van der Waals surface area contributed by atoms with Crippen molar-refractivity contribution >= 4 is 44.1 Å². The van der Waals surface area contributed by atoms with Gasteiger partial charge >= 0.3 is 0 Å². The average Bonchev–Trinajstić information content (AvgIpc) is 3.66. The molecule has 2 heterocycles. The number of hydrogen-bond acceptors (Lipinski definition) is 2. The molecule has 1 aromatic heterocycles. The Balaban J connectivity index is 0.945. The molecule has 0 bridgehead atoms. The second kappa shape index (κ2) is 16.1. The fourth-order valence-electron chi connectivity index (χ4n) is 9.23. The Morgan fingerprint density at radius 3 is 1.77 bits per heavy atom. The van der Waals surface area contributed by atoms with E-state index < -0.39 is 0 Å². The highest BCUT2D eigenvalue weighted by Crippen LogP contribution is 2.42. The maximum absolute atomic E-state index is 6.71. The summed E-state index contributed by atoms with van der Waals surface area (Å²) >= 11 is 0. The van der Waals surface area contributed by atoms with Gasteiger partial charge in [0.1, 0.15) is 11.2 Å². The third kappa shape index (κ3) is 7.12. The zero-order valence-corrected chi connectivity index (χ0v) is 34.7. The smallest absolute Gasteiger partial charge is 0.272 e. The fraction of sp³-hybridized carbons (Fsp3) is 0.0847. The lowest BCUT2D eigenvalue weighted by Gasteiger charge is -2.16. The second-order valence-electron chi connectivity index (χ2n) is 16.5. The van der Waals surface area contributed by atoms with Gasteiger partial charge in [-0.25, -0.2) is 9.57 Å². The van der Waals surface area contributed by atoms with E-state index in [1.807, 2.05) is 0 Å². The molecule has 11 rings (SSSR count). The van der Waals surface area contributed by atoms with Gasteiger partial charge in [0, 0.05) is 40.8 Å². The number of aliphatic imine (C=N–C) groups is 1. The largest absolute Gasteiger partial charge is 0.455 e. The van der Waals surface area contributed by atoms with Crippen LogP contribution in [0.25, 0.3) is 77.2 Å². The maximum atomic E-state index is 6.71. The van der Waals surface area contributed by atoms with Crippen LogP contribution < -0.4 is 0 Å². The van der Waals surface area contributed by atoms with E-state index in [0.29, 0.717) is 0 Å². The third-order valence-electron chi connectivity index (χ3n) is 12.6. The minimum absolute atomic E-state index is 0.183. The standard InChI is InChI=1S/C59H45N2O/c1-40-20-37-55(48-15-6-3-7-16-48)60-59(61(40)39-41-21-23-44(24-22-41)46-27-25-45(26-28-46)42-12-4-2-5-13-42)49-32-30-47(31-33-49)52-35-36-53(51-34-29-43-14-8-9-17-50(43)38-51)58-57(52)54-18-10-11-19-56(54)62-58/h2-19,21-36,38,59H,20,37,39H2,1H3/q+1. The van der Waals surface area contributed by atoms with Gasteiger partial charge in [-0.15, -0.1) is 0 Å². The molecule has 3 nitrogen and oxygen atoms in total. The summed E-state index contributed by atoms with van der Waals surface area (Å²) in [5.41, 5.74) is 17.3. The Hall–Kier alpha value is -7.62. The van der Waals surface area contributed by atoms with E-state index in [9.17, 15) is 0 Å². The van der Waals surface area contributed by atoms with Gasteiger partial charge in [0.25, 0.3) is 6.17 Å². The van der Waals surface area contributed by atoms with Crippen molar-refractivity contribution in [1.82, 2.24) is 0 Å². The highest BCUT2D eigenvalue weighted by atomic mass is 16.3. The van der Waals surface area contributed by atoms with Gasteiger partial charge < -0.3 is 4.42 Å². The summed E-state index contributed by atoms with van der Waals surface area (Å²) in [6.45, 7) is 3.04. The van der Waals surface area contributed by atoms with Crippen LogP contribution in [0.1, 0.15) is 42.6 Å². The van der Waals surface area contributed by atoms with Gasteiger partial charge in [-0.05, 0) is 92.0 Å². The zero-order valence-electron chi connectivity index (χ0n) is 34.7. The molecule has 62 heavy (non-hydrogen) atoms. The summed E-state index contributed by atoms with van der Waals surface area (Å²) < 4.78 is 9.22. The van der Waals surface area contributed by atoms with Gasteiger partial charge in [0.15, 0.2) is 12.3 Å². The van der Waals surface area contributed by atoms with Crippen molar-refractivity contribution in [3.63, 3.8) is 0 Å². The van der Waals surface area contributed by atoms with Crippen LogP contribution in [-0.4, -0.2) is 16.0 Å². The number of fused-ring (bicyclic) bond motifs is 4. The molecule has 0 aliphatic carbocycles. The Labute approximate surface area is 362 Å². The topological polar surface area (TPSA) is 28.5 Å². The quantitative estimate of drug-likeness (QED) is 0.141. The zero-order chi connectivity index (χ0) is 41.4. The Morgan fingerprint density at radius 2 is 1.05 bits per heavy atom. The maximum Gasteiger partial charge on any atom is 0.272 e. The van der Waals surface area contributed by atoms with Crippen LogP contribution in [0.3, 0.4) is 0 Å². The predicted molar refractivity (Wildman–Crippen MR) is 259 cm³/mol. The summed E-state index contributed by atoms with van der Waals surface area (Å²) in [6, 6.07) is 76.4. The van der Waals surface area contributed by atoms with E-state index in [4.69, 9.17) is 9.41 Å². The van der Waals surface area contributed by atoms with Crippen molar-refractivity contribution in [2.75, 3.05) is 0 Å². The molecule has 9 aromatic carbocycles. The Kier molecular flexibility index (Phi) is 9.71. The highest BCUT2D eigenvalue weighted by Gasteiger charge is 2.30. The normalized spacial score (nSPS) is 14.3. The van der Waals surface area contributed by atoms with Gasteiger partial charge in [0.2, 0.25) is 0 Å². The Bertz CT molecular complexity index is 3290. The summed E-state index contributed by atoms with van der Waals surface area (Å²) in [6.07, 6.45) is 1.66. The van der Waals surface area contributed by atoms with Gasteiger partial charge in [-0.1, -0.05) is 182 Å². The predicted octanol–water partition coefficient (Wildman–Crippen LogP) is 15.4. The number of para-hydroxylation sites is 1. The van der Waals surface area contributed by atoms with E-state index in [-0.39, 0.29) is 6.17 Å². The molecule has 0 saturated heterocycles. The molecule has 3 heteroatoms. The molecular weight excluding hydrogens is 753 g/mol. The summed E-state index contributed by atoms with van der Waals surface area (Å²) in [7, 11) is 0. The van der Waals surface area contributed by atoms with Crippen molar-refractivity contribution in [2.45, 2.75) is 32.5 Å². The minimum atomic E-state index is -0.183. The number of hydrogen-bond donors (Lipinski definition) is 0. The van der Waals surface area contributed by atoms with Gasteiger partial charge in [0.05, 0.1) is 5.71 Å². The third-order valence-corrected chi connectivity index (χ3v) is 12.6. The van der Waals surface area contributed by atoms with Crippen LogP contribution in [0, 0.1) is 0 Å². The van der Waals surface area contributed by atoms with Crippen LogP contribution in [0.4, 0.5) is 0 Å². The lowest BCUT2D eigenvalue weighted by atomic mass is 9.93. The summed E-state index contributed by atoms with van der Waals surface area (Å²) in [5.74, 6) is 0. The minimum Gasteiger partial charge on any atom is -0.455 e. The number of rotatable bonds is 8. The first-order valence-electron chi connectivity index (χ1n) is 21.6. The molecule has 1 aliphatic heterocycles. The fourth-order valence-corrected chi connectivity index (χ4v) is 9.23. The van der Waals surface area contributed by atoms with Crippen molar-refractivity contribution < 1.29 is 8.99 Å². The van der Waals surface area contributed by atoms with Crippen LogP contribution >= 0.6 is 0 Å². The van der Waals surface area contributed by atoms with Gasteiger partial charge in [-0.3, -0.25) is 0 Å². The Morgan fingerprint density at radius 1 is 0.484 bits per heavy atom. The first-order valence-corrected chi connectivity index (χ1v) is 21.6. The molecule has 0 N–H and O–H groups in total. The van der Waals surface area contributed by atoms with Crippen LogP contribution in [0.15, 0.2) is 222 Å². The molecule has 1 atom stereocenters. The van der Waals surface area contributed by atoms with E-state index in [1.54, 1.807) is 0 Å². The molecule has 0 fully saturated rings. The molecule has 0 radical (unpaired) electrons. The van der Waals surface area contributed by atoms with Crippen LogP contribution in [0.5, 0.6) is 0 Å². The van der Waals surface area contributed by atoms with E-state index >= 15 is 0 Å². The lowest BCUT2D eigenvalue weighted by Crippen LogP contribution is -2.22. The second-order valence-corrected chi connectivity index (χ2v) is 16.5. The van der Waals surface area contributed by atoms with Crippen LogP contribution in [0.2, 0.25) is 0 Å². The van der Waals surface area contributed by atoms with Crippen molar-refractivity contribution in [3.8, 4) is 44.5 Å². The average molecular weight is 798 g/mol. The van der Waals surface area contributed by atoms with E-state index in [1.165, 1.54) is 55.4 Å². The summed E-state index contributed by atoms with van der Waals surface area (Å²) in [4.78, 5) is 5.60. The van der Waals surface area contributed by atoms with Crippen molar-refractivity contribution in [2.24, 2.45) is 4.99 Å². The lowest BCUT2D eigenvalue weighted by molar-refractivity contribution is -0.587. The molecule has 1 unspecified atom stereocenters. The molecule has 296 valence electrons. The number of benzene rings is 9. The first kappa shape index (κ1) is 37.4. The summed E-state index contributed by atoms with van der Waals surface area (Å²) in [5, 5.41) is 4.71. The van der Waals surface area contributed by atoms with Crippen molar-refractivity contribution in [1.29, 1.82) is 0 Å². The van der Waals surface area contributed by atoms with Crippen molar-refractivity contribution in [3.05, 3.63) is 229 Å². The monoisotopic (exact) mass is 797 g/mol. The van der Waals surface area contributed by atoms with Crippen LogP contribution in [-0.2, 0) is 6.54 Å². The molecule has 10 aromatic rings. The molecule has 0 amide bonds. The first-order chi connectivity index (χ1) is 30.6. The molecule has 0 spiro atoms. The number of furan rings is 1. The molecule has 1 aliphatic rings. The molecule has 0 saturated carbocycles. The van der Waals surface area contributed by atoms with E-state index in [2.05, 4.69) is 224 Å². The highest BCUT2D eigenvalue weighted by molar-refractivity contribution is 6.16. The van der Waals surface area contributed by atoms with E-state index in [0.717, 1.165) is 69.3 Å². The molecular formula is C59H45N2O+. The SMILES string of the molecule is CC1=[N+](Cc2ccc(-c3ccc(-c4ccccc4)cc3)cc2)C(c2ccc(-c3ccc(-c4ccc5ccccc5c4)c4oc5ccccc5c34)cc2)N=C(c2ccccc2)CC1. The number of nitrogens with zero attached hydrogens (tertiary/aromatic N) is 2. The van der Waals surface area contributed by atoms with Gasteiger partial charge in [-0.2, -0.15) is 0 Å².